The van der Waals surface area contributed by atoms with E-state index in [1.54, 1.807) is 10.9 Å². The van der Waals surface area contributed by atoms with Gasteiger partial charge in [-0.3, -0.25) is 4.79 Å². The summed E-state index contributed by atoms with van der Waals surface area (Å²) in [6, 6.07) is 10.0. The molecule has 0 saturated carbocycles. The second kappa shape index (κ2) is 7.86. The Balaban J connectivity index is 1.55. The SMILES string of the molecule is Cc1cc(C)nc(CCNC(=O)c2cn(Cc3ccccc3C)nn2)n1. The van der Waals surface area contributed by atoms with Gasteiger partial charge in [-0.15, -0.1) is 5.10 Å². The Morgan fingerprint density at radius 2 is 1.85 bits per heavy atom. The Labute approximate surface area is 152 Å². The molecule has 0 aliphatic heterocycles. The minimum Gasteiger partial charge on any atom is -0.350 e. The van der Waals surface area contributed by atoms with Crippen LogP contribution >= 0.6 is 0 Å². The van der Waals surface area contributed by atoms with Gasteiger partial charge in [-0.25, -0.2) is 14.6 Å². The predicted octanol–water partition coefficient (Wildman–Crippen LogP) is 2.01. The van der Waals surface area contributed by atoms with Gasteiger partial charge in [0.25, 0.3) is 5.91 Å². The monoisotopic (exact) mass is 350 g/mol. The van der Waals surface area contributed by atoms with Crippen LogP contribution < -0.4 is 5.32 Å². The van der Waals surface area contributed by atoms with Gasteiger partial charge >= 0.3 is 0 Å². The first kappa shape index (κ1) is 17.7. The number of hydrogen-bond acceptors (Lipinski definition) is 5. The molecular formula is C19H22N6O. The third kappa shape index (κ3) is 4.50. The van der Waals surface area contributed by atoms with Crippen molar-refractivity contribution >= 4 is 5.91 Å². The average molecular weight is 350 g/mol. The van der Waals surface area contributed by atoms with Gasteiger partial charge in [0, 0.05) is 24.4 Å². The van der Waals surface area contributed by atoms with E-state index in [-0.39, 0.29) is 5.91 Å². The Kier molecular flexibility index (Phi) is 5.36. The maximum Gasteiger partial charge on any atom is 0.273 e. The van der Waals surface area contributed by atoms with E-state index < -0.39 is 0 Å². The van der Waals surface area contributed by atoms with Crippen molar-refractivity contribution in [2.75, 3.05) is 6.54 Å². The summed E-state index contributed by atoms with van der Waals surface area (Å²) in [7, 11) is 0. The summed E-state index contributed by atoms with van der Waals surface area (Å²) in [5, 5.41) is 10.8. The summed E-state index contributed by atoms with van der Waals surface area (Å²) < 4.78 is 1.67. The van der Waals surface area contributed by atoms with E-state index >= 15 is 0 Å². The second-order valence-electron chi connectivity index (χ2n) is 6.30. The van der Waals surface area contributed by atoms with E-state index in [2.05, 4.69) is 38.6 Å². The molecule has 0 fully saturated rings. The summed E-state index contributed by atoms with van der Waals surface area (Å²) in [6.07, 6.45) is 2.24. The average Bonchev–Trinajstić information content (AvgIpc) is 3.05. The zero-order valence-corrected chi connectivity index (χ0v) is 15.2. The van der Waals surface area contributed by atoms with Crippen LogP contribution in [0.3, 0.4) is 0 Å². The fourth-order valence-corrected chi connectivity index (χ4v) is 2.73. The Morgan fingerprint density at radius 3 is 2.58 bits per heavy atom. The van der Waals surface area contributed by atoms with E-state index in [1.807, 2.05) is 38.1 Å². The second-order valence-corrected chi connectivity index (χ2v) is 6.30. The highest BCUT2D eigenvalue weighted by Gasteiger charge is 2.11. The maximum atomic E-state index is 12.2. The number of aryl methyl sites for hydroxylation is 3. The summed E-state index contributed by atoms with van der Waals surface area (Å²) in [6.45, 7) is 6.96. The van der Waals surface area contributed by atoms with Crippen LogP contribution in [0.1, 0.15) is 38.8 Å². The van der Waals surface area contributed by atoms with Crippen molar-refractivity contribution < 1.29 is 4.79 Å². The van der Waals surface area contributed by atoms with Gasteiger partial charge < -0.3 is 5.32 Å². The molecule has 1 amide bonds. The minimum atomic E-state index is -0.245. The van der Waals surface area contributed by atoms with Gasteiger partial charge in [-0.1, -0.05) is 29.5 Å². The molecule has 0 atom stereocenters. The van der Waals surface area contributed by atoms with Crippen LogP contribution in [-0.2, 0) is 13.0 Å². The van der Waals surface area contributed by atoms with Gasteiger partial charge in [-0.05, 0) is 38.0 Å². The lowest BCUT2D eigenvalue weighted by atomic mass is 10.1. The molecule has 0 radical (unpaired) electrons. The van der Waals surface area contributed by atoms with Crippen molar-refractivity contribution in [2.45, 2.75) is 33.7 Å². The van der Waals surface area contributed by atoms with Crippen LogP contribution in [0.5, 0.6) is 0 Å². The van der Waals surface area contributed by atoms with E-state index in [0.717, 1.165) is 22.8 Å². The molecule has 7 nitrogen and oxygen atoms in total. The van der Waals surface area contributed by atoms with Crippen LogP contribution in [-0.4, -0.2) is 37.4 Å². The van der Waals surface area contributed by atoms with Crippen molar-refractivity contribution in [3.05, 3.63) is 70.6 Å². The molecule has 0 aliphatic carbocycles. The molecular weight excluding hydrogens is 328 g/mol. The molecule has 134 valence electrons. The van der Waals surface area contributed by atoms with Crippen molar-refractivity contribution in [3.63, 3.8) is 0 Å². The van der Waals surface area contributed by atoms with Crippen molar-refractivity contribution in [3.8, 4) is 0 Å². The fourth-order valence-electron chi connectivity index (χ4n) is 2.73. The van der Waals surface area contributed by atoms with Crippen LogP contribution in [0.2, 0.25) is 0 Å². The fraction of sp³-hybridized carbons (Fsp3) is 0.316. The van der Waals surface area contributed by atoms with Crippen LogP contribution in [0, 0.1) is 20.8 Å². The molecule has 7 heteroatoms. The first-order valence-electron chi connectivity index (χ1n) is 8.55. The molecule has 1 N–H and O–H groups in total. The first-order valence-corrected chi connectivity index (χ1v) is 8.55. The molecule has 2 heterocycles. The highest BCUT2D eigenvalue weighted by Crippen LogP contribution is 2.08. The Bertz CT molecular complexity index is 898. The number of benzene rings is 1. The predicted molar refractivity (Wildman–Crippen MR) is 97.8 cm³/mol. The van der Waals surface area contributed by atoms with Gasteiger partial charge in [0.1, 0.15) is 5.82 Å². The first-order chi connectivity index (χ1) is 12.5. The quantitative estimate of drug-likeness (QED) is 0.735. The maximum absolute atomic E-state index is 12.2. The summed E-state index contributed by atoms with van der Waals surface area (Å²) in [5.74, 6) is 0.483. The van der Waals surface area contributed by atoms with Gasteiger partial charge in [0.15, 0.2) is 5.69 Å². The van der Waals surface area contributed by atoms with E-state index in [4.69, 9.17) is 0 Å². The van der Waals surface area contributed by atoms with Gasteiger partial charge in [0.2, 0.25) is 0 Å². The molecule has 1 aromatic carbocycles. The normalized spacial score (nSPS) is 10.7. The molecule has 0 bridgehead atoms. The van der Waals surface area contributed by atoms with E-state index in [1.165, 1.54) is 5.56 Å². The number of rotatable bonds is 6. The van der Waals surface area contributed by atoms with Gasteiger partial charge in [0.05, 0.1) is 12.7 Å². The highest BCUT2D eigenvalue weighted by molar-refractivity contribution is 5.91. The topological polar surface area (TPSA) is 85.6 Å². The molecule has 3 aromatic rings. The summed E-state index contributed by atoms with van der Waals surface area (Å²) in [5.41, 5.74) is 4.50. The van der Waals surface area contributed by atoms with Crippen LogP contribution in [0.15, 0.2) is 36.5 Å². The lowest BCUT2D eigenvalue weighted by Crippen LogP contribution is -2.26. The third-order valence-corrected chi connectivity index (χ3v) is 4.03. The number of carbonyl (C=O) groups is 1. The van der Waals surface area contributed by atoms with Crippen molar-refractivity contribution in [2.24, 2.45) is 0 Å². The number of carbonyl (C=O) groups excluding carboxylic acids is 1. The summed E-state index contributed by atoms with van der Waals surface area (Å²) >= 11 is 0. The molecule has 0 aliphatic rings. The number of nitrogens with one attached hydrogen (secondary N) is 1. The van der Waals surface area contributed by atoms with Crippen LogP contribution in [0.4, 0.5) is 0 Å². The minimum absolute atomic E-state index is 0.245. The number of nitrogens with zero attached hydrogens (tertiary/aromatic N) is 5. The zero-order valence-electron chi connectivity index (χ0n) is 15.2. The van der Waals surface area contributed by atoms with Crippen molar-refractivity contribution in [1.29, 1.82) is 0 Å². The lowest BCUT2D eigenvalue weighted by Gasteiger charge is -2.05. The number of aromatic nitrogens is 5. The molecule has 0 unspecified atom stereocenters. The standard InChI is InChI=1S/C19H22N6O/c1-13-6-4-5-7-16(13)11-25-12-17(23-24-25)19(26)20-9-8-18-21-14(2)10-15(3)22-18/h4-7,10,12H,8-9,11H2,1-3H3,(H,20,26). The Morgan fingerprint density at radius 1 is 1.12 bits per heavy atom. The molecule has 26 heavy (non-hydrogen) atoms. The number of amides is 1. The molecule has 0 saturated heterocycles. The summed E-state index contributed by atoms with van der Waals surface area (Å²) in [4.78, 5) is 21.0. The Hall–Kier alpha value is -3.09. The molecule has 3 rings (SSSR count). The number of hydrogen-bond donors (Lipinski definition) is 1. The lowest BCUT2D eigenvalue weighted by molar-refractivity contribution is 0.0949. The smallest absolute Gasteiger partial charge is 0.273 e. The van der Waals surface area contributed by atoms with E-state index in [9.17, 15) is 4.79 Å². The van der Waals surface area contributed by atoms with E-state index in [0.29, 0.717) is 25.2 Å². The largest absolute Gasteiger partial charge is 0.350 e. The van der Waals surface area contributed by atoms with Crippen LogP contribution in [0.25, 0.3) is 0 Å². The highest BCUT2D eigenvalue weighted by atomic mass is 16.2. The van der Waals surface area contributed by atoms with Crippen molar-refractivity contribution in [1.82, 2.24) is 30.3 Å². The zero-order chi connectivity index (χ0) is 18.5. The molecule has 0 spiro atoms. The molecule has 2 aromatic heterocycles. The third-order valence-electron chi connectivity index (χ3n) is 4.03. The van der Waals surface area contributed by atoms with Gasteiger partial charge in [-0.2, -0.15) is 0 Å².